The van der Waals surface area contributed by atoms with Crippen LogP contribution in [0.4, 0.5) is 0 Å². The van der Waals surface area contributed by atoms with Crippen molar-refractivity contribution in [2.75, 3.05) is 6.26 Å². The highest BCUT2D eigenvalue weighted by Gasteiger charge is 2.17. The number of ether oxygens (including phenoxy) is 2. The van der Waals surface area contributed by atoms with Crippen molar-refractivity contribution in [3.8, 4) is 17.2 Å². The average molecular weight is 566 g/mol. The maximum atomic E-state index is 12.0. The number of nitrogens with one attached hydrogen (secondary N) is 1. The highest BCUT2D eigenvalue weighted by Crippen LogP contribution is 2.27. The zero-order chi connectivity index (χ0) is 28.6. The molecule has 7 nitrogen and oxygen atoms in total. The van der Waals surface area contributed by atoms with Gasteiger partial charge in [-0.25, -0.2) is 4.98 Å². The molecule has 0 saturated carbocycles. The smallest absolute Gasteiger partial charge is 0.239 e. The molecule has 0 bridgehead atoms. The summed E-state index contributed by atoms with van der Waals surface area (Å²) in [5.41, 5.74) is 5.31. The van der Waals surface area contributed by atoms with Crippen LogP contribution in [0.2, 0.25) is 0 Å². The molecule has 1 N–H and O–H groups in total. The number of imide groups is 1. The predicted octanol–water partition coefficient (Wildman–Crippen LogP) is 6.08. The van der Waals surface area contributed by atoms with Crippen molar-refractivity contribution >= 4 is 35.1 Å². The number of imidazole rings is 1. The second-order valence-corrected chi connectivity index (χ2v) is 10.7. The Morgan fingerprint density at radius 2 is 1.56 bits per heavy atom. The molecule has 5 rings (SSSR count). The van der Waals surface area contributed by atoms with Gasteiger partial charge in [0.05, 0.1) is 16.3 Å². The highest BCUT2D eigenvalue weighted by molar-refractivity contribution is 7.99. The number of fused-ring (bicyclic) bond motifs is 1. The lowest BCUT2D eigenvalue weighted by Gasteiger charge is -2.13. The third-order valence-electron chi connectivity index (χ3n) is 6.85. The highest BCUT2D eigenvalue weighted by atomic mass is 32.2. The number of carbonyl (C=O) groups excluding carboxylic acids is 2. The van der Waals surface area contributed by atoms with Gasteiger partial charge in [0.15, 0.2) is 0 Å². The van der Waals surface area contributed by atoms with Gasteiger partial charge in [0.25, 0.3) is 0 Å². The molecule has 1 heterocycles. The van der Waals surface area contributed by atoms with E-state index < -0.39 is 0 Å². The fourth-order valence-electron chi connectivity index (χ4n) is 4.57. The van der Waals surface area contributed by atoms with E-state index in [9.17, 15) is 9.59 Å². The van der Waals surface area contributed by atoms with E-state index in [-0.39, 0.29) is 11.2 Å². The third kappa shape index (κ3) is 7.15. The second kappa shape index (κ2) is 13.2. The summed E-state index contributed by atoms with van der Waals surface area (Å²) in [6.07, 6.45) is 3.68. The van der Waals surface area contributed by atoms with Crippen molar-refractivity contribution in [2.24, 2.45) is 7.05 Å². The number of carbonyl (C=O) groups is 2. The van der Waals surface area contributed by atoms with Crippen molar-refractivity contribution in [3.63, 3.8) is 0 Å². The van der Waals surface area contributed by atoms with Crippen LogP contribution < -0.4 is 14.8 Å². The van der Waals surface area contributed by atoms with Crippen LogP contribution in [0.3, 0.4) is 0 Å². The summed E-state index contributed by atoms with van der Waals surface area (Å²) in [6.45, 7) is 0.304. The van der Waals surface area contributed by atoms with Gasteiger partial charge < -0.3 is 14.0 Å². The second-order valence-electron chi connectivity index (χ2n) is 9.63. The molecule has 1 unspecified atom stereocenters. The Labute approximate surface area is 243 Å². The summed E-state index contributed by atoms with van der Waals surface area (Å²) >= 11 is 1.41. The molecule has 0 aliphatic rings. The molecule has 0 saturated heterocycles. The minimum Gasteiger partial charge on any atom is -0.486 e. The monoisotopic (exact) mass is 565 g/mol. The molecule has 41 heavy (non-hydrogen) atoms. The van der Waals surface area contributed by atoms with E-state index in [1.54, 1.807) is 0 Å². The zero-order valence-electron chi connectivity index (χ0n) is 22.9. The molecule has 8 heteroatoms. The molecule has 5 aromatic rings. The number of aryl methyl sites for hydroxylation is 1. The van der Waals surface area contributed by atoms with E-state index in [1.165, 1.54) is 22.9 Å². The SMILES string of the molecule is CSC(Cc1ccc(OCc2nc3ccc(Oc4ccc(Cc5ccccc5)cc4)cc3n2C)cc1)C(=O)NC=O. The zero-order valence-corrected chi connectivity index (χ0v) is 23.8. The summed E-state index contributed by atoms with van der Waals surface area (Å²) in [4.78, 5) is 27.3. The number of thioether (sulfide) groups is 1. The number of aromatic nitrogens is 2. The van der Waals surface area contributed by atoms with Gasteiger partial charge in [-0.1, -0.05) is 54.6 Å². The van der Waals surface area contributed by atoms with Crippen LogP contribution in [-0.2, 0) is 36.1 Å². The van der Waals surface area contributed by atoms with Gasteiger partial charge in [0.1, 0.15) is 29.7 Å². The Kier molecular flexibility index (Phi) is 9.01. The van der Waals surface area contributed by atoms with Crippen molar-refractivity contribution < 1.29 is 19.1 Å². The Morgan fingerprint density at radius 1 is 0.902 bits per heavy atom. The van der Waals surface area contributed by atoms with Crippen LogP contribution in [0, 0.1) is 0 Å². The van der Waals surface area contributed by atoms with E-state index in [4.69, 9.17) is 14.5 Å². The molecule has 0 fully saturated rings. The summed E-state index contributed by atoms with van der Waals surface area (Å²) in [7, 11) is 1.96. The van der Waals surface area contributed by atoms with Gasteiger partial charge in [-0.3, -0.25) is 14.9 Å². The standard InChI is InChI=1S/C33H31N3O4S/c1-36-30-20-28(40-27-14-10-24(11-15-27)18-23-6-4-3-5-7-23)16-17-29(30)35-32(36)21-39-26-12-8-25(9-13-26)19-31(41-2)33(38)34-22-37/h3-17,20,22,31H,18-19,21H2,1-2H3,(H,34,37,38). The summed E-state index contributed by atoms with van der Waals surface area (Å²) in [6, 6.07) is 32.1. The molecule has 4 aromatic carbocycles. The van der Waals surface area contributed by atoms with Gasteiger partial charge >= 0.3 is 0 Å². The van der Waals surface area contributed by atoms with E-state index in [0.29, 0.717) is 25.2 Å². The molecular weight excluding hydrogens is 534 g/mol. The molecule has 0 aliphatic carbocycles. The van der Waals surface area contributed by atoms with E-state index in [2.05, 4.69) is 41.7 Å². The lowest BCUT2D eigenvalue weighted by Crippen LogP contribution is -2.32. The largest absolute Gasteiger partial charge is 0.486 e. The average Bonchev–Trinajstić information content (AvgIpc) is 3.31. The number of rotatable bonds is 12. The fraction of sp³-hybridized carbons (Fsp3) is 0.182. The van der Waals surface area contributed by atoms with Gasteiger partial charge in [-0.2, -0.15) is 11.8 Å². The Hall–Kier alpha value is -4.56. The molecule has 0 spiro atoms. The normalized spacial score (nSPS) is 11.7. The first-order chi connectivity index (χ1) is 20.0. The number of amides is 2. The van der Waals surface area contributed by atoms with Crippen LogP contribution in [0.5, 0.6) is 17.2 Å². The van der Waals surface area contributed by atoms with Crippen LogP contribution >= 0.6 is 11.8 Å². The quantitative estimate of drug-likeness (QED) is 0.185. The number of nitrogens with zero attached hydrogens (tertiary/aromatic N) is 2. The minimum absolute atomic E-state index is 0.292. The molecule has 0 radical (unpaired) electrons. The molecule has 0 aliphatic heterocycles. The van der Waals surface area contributed by atoms with E-state index >= 15 is 0 Å². The first-order valence-corrected chi connectivity index (χ1v) is 14.6. The fourth-order valence-corrected chi connectivity index (χ4v) is 5.21. The van der Waals surface area contributed by atoms with Crippen LogP contribution in [0.15, 0.2) is 97.1 Å². The van der Waals surface area contributed by atoms with Crippen LogP contribution in [-0.4, -0.2) is 33.4 Å². The molecule has 1 aromatic heterocycles. The number of hydrogen-bond donors (Lipinski definition) is 1. The Morgan fingerprint density at radius 3 is 2.27 bits per heavy atom. The van der Waals surface area contributed by atoms with Crippen molar-refractivity contribution in [1.29, 1.82) is 0 Å². The summed E-state index contributed by atoms with van der Waals surface area (Å²) in [5, 5.41) is 1.89. The lowest BCUT2D eigenvalue weighted by molar-refractivity contribution is -0.124. The van der Waals surface area contributed by atoms with Gasteiger partial charge in [-0.15, -0.1) is 0 Å². The van der Waals surface area contributed by atoms with E-state index in [1.807, 2.05) is 78.5 Å². The summed E-state index contributed by atoms with van der Waals surface area (Å²) < 4.78 is 14.2. The first-order valence-electron chi connectivity index (χ1n) is 13.3. The van der Waals surface area contributed by atoms with Crippen LogP contribution in [0.1, 0.15) is 22.5 Å². The Bertz CT molecular complexity index is 1620. The van der Waals surface area contributed by atoms with E-state index in [0.717, 1.165) is 40.3 Å². The topological polar surface area (TPSA) is 82.4 Å². The van der Waals surface area contributed by atoms with Gasteiger partial charge in [-0.05, 0) is 72.2 Å². The van der Waals surface area contributed by atoms with Crippen molar-refractivity contribution in [1.82, 2.24) is 14.9 Å². The molecular formula is C33H31N3O4S. The minimum atomic E-state index is -0.333. The van der Waals surface area contributed by atoms with Gasteiger partial charge in [0, 0.05) is 13.1 Å². The van der Waals surface area contributed by atoms with Gasteiger partial charge in [0.2, 0.25) is 12.3 Å². The summed E-state index contributed by atoms with van der Waals surface area (Å²) in [5.74, 6) is 2.73. The lowest BCUT2D eigenvalue weighted by atomic mass is 10.1. The Balaban J connectivity index is 1.20. The van der Waals surface area contributed by atoms with Crippen molar-refractivity contribution in [3.05, 3.63) is 120 Å². The van der Waals surface area contributed by atoms with Crippen LogP contribution in [0.25, 0.3) is 11.0 Å². The molecule has 1 atom stereocenters. The number of hydrogen-bond acceptors (Lipinski definition) is 6. The predicted molar refractivity (Wildman–Crippen MR) is 162 cm³/mol. The maximum Gasteiger partial charge on any atom is 0.239 e. The third-order valence-corrected chi connectivity index (χ3v) is 7.80. The molecule has 208 valence electrons. The molecule has 2 amide bonds. The first kappa shape index (κ1) is 28.0. The number of benzene rings is 4. The maximum absolute atomic E-state index is 12.0. The van der Waals surface area contributed by atoms with Crippen molar-refractivity contribution in [2.45, 2.75) is 24.7 Å².